The Morgan fingerprint density at radius 3 is 2.89 bits per heavy atom. The molecule has 2 nitrogen and oxygen atoms in total. The number of hydrogen-bond donors (Lipinski definition) is 1. The molecule has 1 aliphatic rings. The Morgan fingerprint density at radius 1 is 1.21 bits per heavy atom. The van der Waals surface area contributed by atoms with Gasteiger partial charge in [-0.3, -0.25) is 0 Å². The first-order valence-corrected chi connectivity index (χ1v) is 7.78. The topological polar surface area (TPSA) is 21.3 Å². The second-order valence-corrected chi connectivity index (χ2v) is 5.59. The lowest BCUT2D eigenvalue weighted by atomic mass is 10.0. The first-order valence-electron chi connectivity index (χ1n) is 7.78. The summed E-state index contributed by atoms with van der Waals surface area (Å²) in [5.74, 6) is 1.10. The molecule has 19 heavy (non-hydrogen) atoms. The highest BCUT2D eigenvalue weighted by atomic mass is 16.5. The van der Waals surface area contributed by atoms with Crippen molar-refractivity contribution in [2.45, 2.75) is 58.5 Å². The van der Waals surface area contributed by atoms with Crippen LogP contribution in [0, 0.1) is 0 Å². The first-order chi connectivity index (χ1) is 9.29. The van der Waals surface area contributed by atoms with E-state index in [1.807, 2.05) is 0 Å². The van der Waals surface area contributed by atoms with Crippen LogP contribution in [0.4, 0.5) is 0 Å². The van der Waals surface area contributed by atoms with Crippen LogP contribution in [0.25, 0.3) is 0 Å². The van der Waals surface area contributed by atoms with E-state index < -0.39 is 0 Å². The van der Waals surface area contributed by atoms with E-state index >= 15 is 0 Å². The fourth-order valence-electron chi connectivity index (χ4n) is 2.74. The fourth-order valence-corrected chi connectivity index (χ4v) is 2.74. The zero-order valence-electron chi connectivity index (χ0n) is 12.4. The molecular weight excluding hydrogens is 234 g/mol. The normalized spacial score (nSPS) is 17.3. The summed E-state index contributed by atoms with van der Waals surface area (Å²) in [5.41, 5.74) is 2.88. The van der Waals surface area contributed by atoms with Crippen molar-refractivity contribution >= 4 is 0 Å². The second kappa shape index (κ2) is 7.54. The summed E-state index contributed by atoms with van der Waals surface area (Å²) in [6, 6.07) is 6.73. The summed E-state index contributed by atoms with van der Waals surface area (Å²) in [5, 5.41) is 3.38. The molecule has 0 saturated carbocycles. The zero-order chi connectivity index (χ0) is 13.5. The Bertz CT molecular complexity index is 389. The molecule has 0 bridgehead atoms. The number of ether oxygens (including phenoxy) is 1. The van der Waals surface area contributed by atoms with Crippen molar-refractivity contribution < 1.29 is 4.74 Å². The minimum atomic E-state index is 0.358. The number of nitrogens with one attached hydrogen (secondary N) is 1. The third-order valence-electron chi connectivity index (χ3n) is 3.78. The van der Waals surface area contributed by atoms with Gasteiger partial charge in [0.25, 0.3) is 0 Å². The fraction of sp³-hybridized carbons (Fsp3) is 0.647. The van der Waals surface area contributed by atoms with E-state index in [0.717, 1.165) is 18.7 Å². The lowest BCUT2D eigenvalue weighted by Crippen LogP contribution is -2.13. The molecule has 1 heterocycles. The quantitative estimate of drug-likeness (QED) is 0.720. The predicted molar refractivity (Wildman–Crippen MR) is 81.0 cm³/mol. The molecule has 0 amide bonds. The molecule has 1 N–H and O–H groups in total. The Kier molecular flexibility index (Phi) is 5.71. The molecule has 0 aliphatic carbocycles. The standard InChI is InChI=1S/C17H27NO/c1-3-18-11-7-5-4-6-8-15-9-10-17-16(13-15)12-14(2)19-17/h9-10,13-14,18H,3-8,11-12H2,1-2H3. The van der Waals surface area contributed by atoms with E-state index in [0.29, 0.717) is 6.10 Å². The van der Waals surface area contributed by atoms with Crippen LogP contribution in [0.3, 0.4) is 0 Å². The predicted octanol–water partition coefficient (Wildman–Crippen LogP) is 3.72. The minimum absolute atomic E-state index is 0.358. The van der Waals surface area contributed by atoms with Gasteiger partial charge in [-0.15, -0.1) is 0 Å². The van der Waals surface area contributed by atoms with Crippen LogP contribution in [-0.4, -0.2) is 19.2 Å². The Labute approximate surface area is 117 Å². The van der Waals surface area contributed by atoms with Crippen molar-refractivity contribution in [3.63, 3.8) is 0 Å². The van der Waals surface area contributed by atoms with Crippen LogP contribution in [0.1, 0.15) is 50.7 Å². The van der Waals surface area contributed by atoms with Crippen molar-refractivity contribution in [2.24, 2.45) is 0 Å². The van der Waals surface area contributed by atoms with Gasteiger partial charge in [0.05, 0.1) is 0 Å². The van der Waals surface area contributed by atoms with Crippen LogP contribution in [0.2, 0.25) is 0 Å². The van der Waals surface area contributed by atoms with Gasteiger partial charge in [-0.05, 0) is 56.5 Å². The summed E-state index contributed by atoms with van der Waals surface area (Å²) < 4.78 is 5.74. The largest absolute Gasteiger partial charge is 0.490 e. The van der Waals surface area contributed by atoms with Gasteiger partial charge in [0.2, 0.25) is 0 Å². The number of rotatable bonds is 8. The van der Waals surface area contributed by atoms with Gasteiger partial charge in [0, 0.05) is 6.42 Å². The average molecular weight is 261 g/mol. The maximum atomic E-state index is 5.74. The second-order valence-electron chi connectivity index (χ2n) is 5.59. The Balaban J connectivity index is 1.65. The van der Waals surface area contributed by atoms with Crippen LogP contribution < -0.4 is 10.1 Å². The van der Waals surface area contributed by atoms with Crippen molar-refractivity contribution in [3.05, 3.63) is 29.3 Å². The molecule has 0 spiro atoms. The molecule has 2 rings (SSSR count). The maximum absolute atomic E-state index is 5.74. The van der Waals surface area contributed by atoms with E-state index in [4.69, 9.17) is 4.74 Å². The van der Waals surface area contributed by atoms with Crippen LogP contribution in [0.5, 0.6) is 5.75 Å². The van der Waals surface area contributed by atoms with Crippen molar-refractivity contribution in [1.29, 1.82) is 0 Å². The van der Waals surface area contributed by atoms with E-state index in [9.17, 15) is 0 Å². The number of hydrogen-bond acceptors (Lipinski definition) is 2. The summed E-state index contributed by atoms with van der Waals surface area (Å²) in [4.78, 5) is 0. The molecule has 0 saturated heterocycles. The van der Waals surface area contributed by atoms with E-state index in [1.165, 1.54) is 49.8 Å². The van der Waals surface area contributed by atoms with Gasteiger partial charge in [-0.2, -0.15) is 0 Å². The van der Waals surface area contributed by atoms with Crippen molar-refractivity contribution in [1.82, 2.24) is 5.32 Å². The molecule has 0 radical (unpaired) electrons. The van der Waals surface area contributed by atoms with Gasteiger partial charge in [-0.25, -0.2) is 0 Å². The molecule has 106 valence electrons. The average Bonchev–Trinajstić information content (AvgIpc) is 2.77. The minimum Gasteiger partial charge on any atom is -0.490 e. The van der Waals surface area contributed by atoms with Gasteiger partial charge >= 0.3 is 0 Å². The summed E-state index contributed by atoms with van der Waals surface area (Å²) in [6.07, 6.45) is 7.95. The molecule has 2 heteroatoms. The molecule has 1 atom stereocenters. The van der Waals surface area contributed by atoms with Gasteiger partial charge in [0.1, 0.15) is 11.9 Å². The van der Waals surface area contributed by atoms with Crippen LogP contribution in [0.15, 0.2) is 18.2 Å². The highest BCUT2D eigenvalue weighted by molar-refractivity contribution is 5.40. The molecular formula is C17H27NO. The smallest absolute Gasteiger partial charge is 0.123 e. The maximum Gasteiger partial charge on any atom is 0.123 e. The Hall–Kier alpha value is -1.02. The van der Waals surface area contributed by atoms with Gasteiger partial charge in [0.15, 0.2) is 0 Å². The van der Waals surface area contributed by atoms with E-state index in [2.05, 4.69) is 37.4 Å². The number of benzene rings is 1. The third kappa shape index (κ3) is 4.54. The Morgan fingerprint density at radius 2 is 2.05 bits per heavy atom. The number of unbranched alkanes of at least 4 members (excludes halogenated alkanes) is 3. The lowest BCUT2D eigenvalue weighted by Gasteiger charge is -2.05. The summed E-state index contributed by atoms with van der Waals surface area (Å²) >= 11 is 0. The van der Waals surface area contributed by atoms with Gasteiger partial charge in [-0.1, -0.05) is 31.9 Å². The molecule has 1 aromatic rings. The monoisotopic (exact) mass is 261 g/mol. The third-order valence-corrected chi connectivity index (χ3v) is 3.78. The SMILES string of the molecule is CCNCCCCCCc1ccc2c(c1)CC(C)O2. The number of aryl methyl sites for hydroxylation is 1. The first kappa shape index (κ1) is 14.4. The summed E-state index contributed by atoms with van der Waals surface area (Å²) in [7, 11) is 0. The highest BCUT2D eigenvalue weighted by Gasteiger charge is 2.18. The lowest BCUT2D eigenvalue weighted by molar-refractivity contribution is 0.254. The molecule has 0 aromatic heterocycles. The molecule has 1 aromatic carbocycles. The molecule has 0 fully saturated rings. The van der Waals surface area contributed by atoms with Crippen molar-refractivity contribution in [2.75, 3.05) is 13.1 Å². The van der Waals surface area contributed by atoms with Crippen LogP contribution >= 0.6 is 0 Å². The van der Waals surface area contributed by atoms with Gasteiger partial charge < -0.3 is 10.1 Å². The van der Waals surface area contributed by atoms with E-state index in [-0.39, 0.29) is 0 Å². The van der Waals surface area contributed by atoms with E-state index in [1.54, 1.807) is 0 Å². The molecule has 1 aliphatic heterocycles. The van der Waals surface area contributed by atoms with Crippen molar-refractivity contribution in [3.8, 4) is 5.75 Å². The van der Waals surface area contributed by atoms with Crippen LogP contribution in [-0.2, 0) is 12.8 Å². The summed E-state index contributed by atoms with van der Waals surface area (Å²) in [6.45, 7) is 6.57. The molecule has 1 unspecified atom stereocenters. The zero-order valence-corrected chi connectivity index (χ0v) is 12.4. The number of fused-ring (bicyclic) bond motifs is 1. The highest BCUT2D eigenvalue weighted by Crippen LogP contribution is 2.29.